The van der Waals surface area contributed by atoms with Gasteiger partial charge in [-0.2, -0.15) is 0 Å². The molecule has 0 fully saturated rings. The average molecular weight is 247 g/mol. The predicted octanol–water partition coefficient (Wildman–Crippen LogP) is 0.606. The Labute approximate surface area is 104 Å². The first-order valence-electron chi connectivity index (χ1n) is 5.94. The van der Waals surface area contributed by atoms with Crippen LogP contribution in [0.15, 0.2) is 27.8 Å². The summed E-state index contributed by atoms with van der Waals surface area (Å²) >= 11 is 0. The molecule has 0 bridgehead atoms. The van der Waals surface area contributed by atoms with Gasteiger partial charge in [-0.3, -0.25) is 9.36 Å². The van der Waals surface area contributed by atoms with E-state index in [4.69, 9.17) is 0 Å². The van der Waals surface area contributed by atoms with Gasteiger partial charge in [0.05, 0.1) is 10.9 Å². The molecule has 2 rings (SSSR count). The number of fused-ring (bicyclic) bond motifs is 1. The van der Waals surface area contributed by atoms with E-state index >= 15 is 0 Å². The molecule has 2 N–H and O–H groups in total. The van der Waals surface area contributed by atoms with Crippen molar-refractivity contribution in [3.05, 3.63) is 44.6 Å². The first kappa shape index (κ1) is 12.6. The smallest absolute Gasteiger partial charge is 0.315 e. The second-order valence-corrected chi connectivity index (χ2v) is 4.53. The molecule has 18 heavy (non-hydrogen) atoms. The van der Waals surface area contributed by atoms with Gasteiger partial charge in [-0.15, -0.1) is 0 Å². The second kappa shape index (κ2) is 4.78. The van der Waals surface area contributed by atoms with E-state index in [9.17, 15) is 9.59 Å². The molecule has 0 saturated carbocycles. The fraction of sp³-hybridized carbons (Fsp3) is 0.385. The third-order valence-electron chi connectivity index (χ3n) is 3.17. The van der Waals surface area contributed by atoms with Crippen molar-refractivity contribution in [1.29, 1.82) is 0 Å². The maximum absolute atomic E-state index is 12.3. The molecular weight excluding hydrogens is 230 g/mol. The molecule has 1 aromatic heterocycles. The van der Waals surface area contributed by atoms with Crippen molar-refractivity contribution < 1.29 is 0 Å². The van der Waals surface area contributed by atoms with Gasteiger partial charge in [0.15, 0.2) is 0 Å². The summed E-state index contributed by atoms with van der Waals surface area (Å²) in [6.45, 7) is 4.15. The molecule has 0 aliphatic rings. The number of aromatic amines is 1. The molecular formula is C13H17N3O2. The molecule has 2 aromatic rings. The fourth-order valence-electron chi connectivity index (χ4n) is 2.00. The van der Waals surface area contributed by atoms with Crippen LogP contribution in [0, 0.1) is 6.92 Å². The number of nitrogens with one attached hydrogen (secondary N) is 2. The summed E-state index contributed by atoms with van der Waals surface area (Å²) in [5, 5.41) is 3.60. The largest absolute Gasteiger partial charge is 0.328 e. The summed E-state index contributed by atoms with van der Waals surface area (Å²) in [6, 6.07) is 5.50. The maximum atomic E-state index is 12.3. The SMILES string of the molecule is CNC(C)Cn1c(=O)[nH]c2cccc(C)c2c1=O. The van der Waals surface area contributed by atoms with E-state index in [-0.39, 0.29) is 17.3 Å². The van der Waals surface area contributed by atoms with Gasteiger partial charge in [0, 0.05) is 12.6 Å². The Bertz CT molecular complexity index is 685. The van der Waals surface area contributed by atoms with Gasteiger partial charge < -0.3 is 10.3 Å². The highest BCUT2D eigenvalue weighted by molar-refractivity contribution is 5.80. The van der Waals surface area contributed by atoms with Gasteiger partial charge in [0.1, 0.15) is 0 Å². The summed E-state index contributed by atoms with van der Waals surface area (Å²) in [7, 11) is 1.80. The number of nitrogens with zero attached hydrogens (tertiary/aromatic N) is 1. The van der Waals surface area contributed by atoms with Crippen LogP contribution < -0.4 is 16.6 Å². The van der Waals surface area contributed by atoms with E-state index in [1.165, 1.54) is 4.57 Å². The van der Waals surface area contributed by atoms with Crippen LogP contribution in [-0.4, -0.2) is 22.6 Å². The van der Waals surface area contributed by atoms with Gasteiger partial charge in [-0.25, -0.2) is 4.79 Å². The minimum atomic E-state index is -0.361. The van der Waals surface area contributed by atoms with Crippen LogP contribution in [0.4, 0.5) is 0 Å². The van der Waals surface area contributed by atoms with E-state index in [1.807, 2.05) is 26.0 Å². The highest BCUT2D eigenvalue weighted by Gasteiger charge is 2.11. The molecule has 0 radical (unpaired) electrons. The normalized spacial score (nSPS) is 12.8. The zero-order chi connectivity index (χ0) is 13.3. The molecule has 0 amide bonds. The molecule has 0 aliphatic heterocycles. The Morgan fingerprint density at radius 3 is 2.78 bits per heavy atom. The summed E-state index contributed by atoms with van der Waals surface area (Å²) in [6.07, 6.45) is 0. The highest BCUT2D eigenvalue weighted by atomic mass is 16.2. The zero-order valence-electron chi connectivity index (χ0n) is 10.8. The van der Waals surface area contributed by atoms with Gasteiger partial charge in [0.25, 0.3) is 5.56 Å². The van der Waals surface area contributed by atoms with Gasteiger partial charge >= 0.3 is 5.69 Å². The van der Waals surface area contributed by atoms with Crippen molar-refractivity contribution in [2.75, 3.05) is 7.05 Å². The van der Waals surface area contributed by atoms with E-state index in [0.29, 0.717) is 17.4 Å². The second-order valence-electron chi connectivity index (χ2n) is 4.53. The Morgan fingerprint density at radius 2 is 2.11 bits per heavy atom. The molecule has 96 valence electrons. The van der Waals surface area contributed by atoms with Gasteiger partial charge in [0.2, 0.25) is 0 Å². The van der Waals surface area contributed by atoms with Crippen molar-refractivity contribution in [2.24, 2.45) is 0 Å². The molecule has 1 unspecified atom stereocenters. The molecule has 0 aliphatic carbocycles. The molecule has 1 atom stereocenters. The quantitative estimate of drug-likeness (QED) is 0.835. The first-order valence-corrected chi connectivity index (χ1v) is 5.94. The molecule has 5 heteroatoms. The van der Waals surface area contributed by atoms with Crippen LogP contribution in [0.25, 0.3) is 10.9 Å². The van der Waals surface area contributed by atoms with E-state index in [2.05, 4.69) is 10.3 Å². The number of aryl methyl sites for hydroxylation is 1. The van der Waals surface area contributed by atoms with Crippen molar-refractivity contribution in [1.82, 2.24) is 14.9 Å². The number of rotatable bonds is 3. The average Bonchev–Trinajstić information content (AvgIpc) is 2.33. The minimum absolute atomic E-state index is 0.0604. The lowest BCUT2D eigenvalue weighted by atomic mass is 10.1. The number of hydrogen-bond donors (Lipinski definition) is 2. The molecule has 5 nitrogen and oxygen atoms in total. The molecule has 0 saturated heterocycles. The Morgan fingerprint density at radius 1 is 1.39 bits per heavy atom. The number of likely N-dealkylation sites (N-methyl/N-ethyl adjacent to an activating group) is 1. The summed E-state index contributed by atoms with van der Waals surface area (Å²) in [5.41, 5.74) is 0.882. The molecule has 1 aromatic carbocycles. The molecule has 0 spiro atoms. The number of H-pyrrole nitrogens is 1. The fourth-order valence-corrected chi connectivity index (χ4v) is 2.00. The standard InChI is InChI=1S/C13H17N3O2/c1-8-5-4-6-10-11(8)12(17)16(13(18)15-10)7-9(2)14-3/h4-6,9,14H,7H2,1-3H3,(H,15,18). The van der Waals surface area contributed by atoms with Gasteiger partial charge in [-0.1, -0.05) is 12.1 Å². The van der Waals surface area contributed by atoms with Crippen molar-refractivity contribution in [3.8, 4) is 0 Å². The summed E-state index contributed by atoms with van der Waals surface area (Å²) in [5.74, 6) is 0. The predicted molar refractivity (Wildman–Crippen MR) is 72.1 cm³/mol. The van der Waals surface area contributed by atoms with Crippen molar-refractivity contribution >= 4 is 10.9 Å². The van der Waals surface area contributed by atoms with Crippen LogP contribution in [-0.2, 0) is 6.54 Å². The van der Waals surface area contributed by atoms with Gasteiger partial charge in [-0.05, 0) is 32.5 Å². The monoisotopic (exact) mass is 247 g/mol. The Balaban J connectivity index is 2.72. The third kappa shape index (κ3) is 2.09. The van der Waals surface area contributed by atoms with E-state index in [0.717, 1.165) is 5.56 Å². The Hall–Kier alpha value is -1.88. The minimum Gasteiger partial charge on any atom is -0.315 e. The van der Waals surface area contributed by atoms with E-state index < -0.39 is 0 Å². The lowest BCUT2D eigenvalue weighted by Crippen LogP contribution is -2.41. The van der Waals surface area contributed by atoms with Crippen LogP contribution in [0.5, 0.6) is 0 Å². The highest BCUT2D eigenvalue weighted by Crippen LogP contribution is 2.09. The number of hydrogen-bond acceptors (Lipinski definition) is 3. The zero-order valence-corrected chi connectivity index (χ0v) is 10.8. The number of benzene rings is 1. The van der Waals surface area contributed by atoms with Crippen molar-refractivity contribution in [2.45, 2.75) is 26.4 Å². The summed E-state index contributed by atoms with van der Waals surface area (Å²) < 4.78 is 1.25. The topological polar surface area (TPSA) is 66.9 Å². The van der Waals surface area contributed by atoms with Crippen LogP contribution >= 0.6 is 0 Å². The maximum Gasteiger partial charge on any atom is 0.328 e. The van der Waals surface area contributed by atoms with Crippen LogP contribution in [0.2, 0.25) is 0 Å². The summed E-state index contributed by atoms with van der Waals surface area (Å²) in [4.78, 5) is 27.0. The van der Waals surface area contributed by atoms with Crippen LogP contribution in [0.3, 0.4) is 0 Å². The third-order valence-corrected chi connectivity index (χ3v) is 3.17. The van der Waals surface area contributed by atoms with Crippen molar-refractivity contribution in [3.63, 3.8) is 0 Å². The Kier molecular flexibility index (Phi) is 3.34. The first-order chi connectivity index (χ1) is 8.54. The lowest BCUT2D eigenvalue weighted by Gasteiger charge is -2.12. The number of aromatic nitrogens is 2. The lowest BCUT2D eigenvalue weighted by molar-refractivity contribution is 0.492. The van der Waals surface area contributed by atoms with Crippen LogP contribution in [0.1, 0.15) is 12.5 Å². The van der Waals surface area contributed by atoms with E-state index in [1.54, 1.807) is 13.1 Å². The molecule has 1 heterocycles.